The first-order chi connectivity index (χ1) is 15.4. The Morgan fingerprint density at radius 1 is 1.41 bits per heavy atom. The van der Waals surface area contributed by atoms with E-state index in [4.69, 9.17) is 10.3 Å². The van der Waals surface area contributed by atoms with Gasteiger partial charge in [-0.25, -0.2) is 14.2 Å². The molecule has 1 aliphatic rings. The molecule has 0 atom stereocenters. The van der Waals surface area contributed by atoms with Crippen molar-refractivity contribution in [3.8, 4) is 11.9 Å². The Morgan fingerprint density at radius 2 is 2.22 bits per heavy atom. The highest BCUT2D eigenvalue weighted by Gasteiger charge is 2.21. The number of anilines is 2. The van der Waals surface area contributed by atoms with Crippen LogP contribution in [0.15, 0.2) is 34.2 Å². The number of nitrogens with zero attached hydrogens (tertiary/aromatic N) is 5. The van der Waals surface area contributed by atoms with Crippen LogP contribution in [0.4, 0.5) is 15.9 Å². The minimum atomic E-state index is -0.582. The normalized spacial score (nSPS) is 14.8. The van der Waals surface area contributed by atoms with Crippen LogP contribution in [-0.4, -0.2) is 35.7 Å². The summed E-state index contributed by atoms with van der Waals surface area (Å²) in [5.41, 5.74) is 1.69. The number of benzene rings is 1. The number of nitriles is 1. The molecule has 1 aromatic carbocycles. The molecule has 160 valence electrons. The maximum absolute atomic E-state index is 14.5. The molecule has 10 nitrogen and oxygen atoms in total. The molecule has 0 aliphatic heterocycles. The maximum Gasteiger partial charge on any atom is 0.326 e. The summed E-state index contributed by atoms with van der Waals surface area (Å²) < 4.78 is 16.1. The molecule has 0 saturated heterocycles. The smallest absolute Gasteiger partial charge is 0.326 e. The Balaban J connectivity index is 1.71. The molecule has 0 amide bonds. The van der Waals surface area contributed by atoms with Gasteiger partial charge in [0.15, 0.2) is 11.1 Å². The van der Waals surface area contributed by atoms with Crippen molar-refractivity contribution in [1.82, 2.24) is 24.6 Å². The van der Waals surface area contributed by atoms with Crippen LogP contribution in [0.3, 0.4) is 0 Å². The van der Waals surface area contributed by atoms with Crippen LogP contribution in [-0.2, 0) is 0 Å². The molecule has 0 bridgehead atoms. The van der Waals surface area contributed by atoms with Crippen molar-refractivity contribution in [1.29, 1.82) is 5.26 Å². The van der Waals surface area contributed by atoms with Crippen molar-refractivity contribution in [2.24, 2.45) is 4.99 Å². The highest BCUT2D eigenvalue weighted by Crippen LogP contribution is 2.24. The number of halogens is 1. The van der Waals surface area contributed by atoms with E-state index in [9.17, 15) is 14.3 Å². The van der Waals surface area contributed by atoms with E-state index in [0.717, 1.165) is 18.9 Å². The second-order valence-corrected chi connectivity index (χ2v) is 7.52. The van der Waals surface area contributed by atoms with Crippen molar-refractivity contribution >= 4 is 23.2 Å². The van der Waals surface area contributed by atoms with Gasteiger partial charge in [0.25, 0.3) is 0 Å². The van der Waals surface area contributed by atoms with Gasteiger partial charge in [0, 0.05) is 10.8 Å². The van der Waals surface area contributed by atoms with Crippen molar-refractivity contribution < 1.29 is 9.50 Å². The SMILES string of the molecule is Cc1c(Nc2ccc(C#N)cc2F)nc2c(=Cc3[nH]c(=O)[nH]c3O)cnn2c1=NC1CC1. The van der Waals surface area contributed by atoms with Crippen molar-refractivity contribution in [3.05, 3.63) is 68.2 Å². The molecule has 0 unspecified atom stereocenters. The fourth-order valence-corrected chi connectivity index (χ4v) is 3.29. The van der Waals surface area contributed by atoms with Gasteiger partial charge in [-0.1, -0.05) is 0 Å². The van der Waals surface area contributed by atoms with E-state index in [0.29, 0.717) is 27.7 Å². The summed E-state index contributed by atoms with van der Waals surface area (Å²) in [6.07, 6.45) is 5.04. The summed E-state index contributed by atoms with van der Waals surface area (Å²) in [5, 5.41) is 26.8. The third-order valence-corrected chi connectivity index (χ3v) is 5.12. The van der Waals surface area contributed by atoms with E-state index in [1.54, 1.807) is 10.7 Å². The fourth-order valence-electron chi connectivity index (χ4n) is 3.29. The maximum atomic E-state index is 14.5. The first-order valence-corrected chi connectivity index (χ1v) is 9.85. The monoisotopic (exact) mass is 432 g/mol. The number of aromatic amines is 2. The van der Waals surface area contributed by atoms with Gasteiger partial charge in [-0.05, 0) is 44.0 Å². The Kier molecular flexibility index (Phi) is 4.48. The number of fused-ring (bicyclic) bond motifs is 1. The average Bonchev–Trinajstić information content (AvgIpc) is 3.42. The van der Waals surface area contributed by atoms with Gasteiger partial charge in [0.1, 0.15) is 17.3 Å². The molecule has 0 spiro atoms. The summed E-state index contributed by atoms with van der Waals surface area (Å²) in [4.78, 5) is 25.6. The van der Waals surface area contributed by atoms with Gasteiger partial charge >= 0.3 is 5.69 Å². The molecule has 1 fully saturated rings. The van der Waals surface area contributed by atoms with Crippen LogP contribution in [0.5, 0.6) is 5.88 Å². The third-order valence-electron chi connectivity index (χ3n) is 5.12. The molecular formula is C21H17FN8O2. The number of rotatable bonds is 4. The zero-order valence-electron chi connectivity index (χ0n) is 16.8. The van der Waals surface area contributed by atoms with E-state index in [1.165, 1.54) is 18.2 Å². The lowest BCUT2D eigenvalue weighted by Crippen LogP contribution is -2.24. The van der Waals surface area contributed by atoms with Crippen LogP contribution in [0.1, 0.15) is 29.7 Å². The predicted molar refractivity (Wildman–Crippen MR) is 113 cm³/mol. The summed E-state index contributed by atoms with van der Waals surface area (Å²) in [6.45, 7) is 1.82. The van der Waals surface area contributed by atoms with Crippen LogP contribution in [0.25, 0.3) is 11.7 Å². The number of hydrogen-bond donors (Lipinski definition) is 4. The van der Waals surface area contributed by atoms with Gasteiger partial charge in [-0.3, -0.25) is 9.98 Å². The molecule has 0 radical (unpaired) electrons. The molecule has 3 heterocycles. The second kappa shape index (κ2) is 7.35. The van der Waals surface area contributed by atoms with E-state index in [1.807, 2.05) is 13.0 Å². The van der Waals surface area contributed by atoms with Gasteiger partial charge < -0.3 is 15.4 Å². The largest absolute Gasteiger partial charge is 0.493 e. The first-order valence-electron chi connectivity index (χ1n) is 9.85. The minimum Gasteiger partial charge on any atom is -0.493 e. The van der Waals surface area contributed by atoms with Gasteiger partial charge in [-0.15, -0.1) is 0 Å². The fraction of sp³-hybridized carbons (Fsp3) is 0.190. The quantitative estimate of drug-likeness (QED) is 0.380. The summed E-state index contributed by atoms with van der Waals surface area (Å²) in [7, 11) is 0. The van der Waals surface area contributed by atoms with E-state index in [-0.39, 0.29) is 28.9 Å². The number of nitrogens with one attached hydrogen (secondary N) is 3. The zero-order valence-corrected chi connectivity index (χ0v) is 16.8. The number of hydrogen-bond acceptors (Lipinski definition) is 7. The highest BCUT2D eigenvalue weighted by molar-refractivity contribution is 5.64. The Bertz CT molecular complexity index is 1590. The number of imidazole rings is 1. The standard InChI is InChI=1S/C21H17FN8O2/c1-10-17(26-15-5-2-11(8-23)6-14(15)22)28-19-12(7-16-20(31)29-21(32)27-16)9-24-30(19)18(10)25-13-3-4-13/h2,5-7,9,13,26,31H,3-4H2,1H3,(H2,27,29,32). The predicted octanol–water partition coefficient (Wildman–Crippen LogP) is 1.12. The lowest BCUT2D eigenvalue weighted by molar-refractivity contribution is 0.454. The number of aromatic hydroxyl groups is 1. The topological polar surface area (TPSA) is 147 Å². The third kappa shape index (κ3) is 3.47. The first kappa shape index (κ1) is 19.5. The Morgan fingerprint density at radius 3 is 2.88 bits per heavy atom. The van der Waals surface area contributed by atoms with Crippen molar-refractivity contribution in [2.45, 2.75) is 25.8 Å². The molecule has 32 heavy (non-hydrogen) atoms. The average molecular weight is 432 g/mol. The molecule has 1 aliphatic carbocycles. The molecule has 3 aromatic heterocycles. The van der Waals surface area contributed by atoms with E-state index < -0.39 is 11.5 Å². The van der Waals surface area contributed by atoms with Crippen LogP contribution >= 0.6 is 0 Å². The van der Waals surface area contributed by atoms with Gasteiger partial charge in [0.2, 0.25) is 5.88 Å². The number of H-pyrrole nitrogens is 2. The summed E-state index contributed by atoms with van der Waals surface area (Å²) >= 11 is 0. The van der Waals surface area contributed by atoms with Crippen molar-refractivity contribution in [3.63, 3.8) is 0 Å². The van der Waals surface area contributed by atoms with Gasteiger partial charge in [-0.2, -0.15) is 14.9 Å². The summed E-state index contributed by atoms with van der Waals surface area (Å²) in [5.74, 6) is -0.509. The molecule has 4 aromatic rings. The minimum absolute atomic E-state index is 0.166. The molecule has 4 N–H and O–H groups in total. The molecule has 11 heteroatoms. The van der Waals surface area contributed by atoms with Crippen LogP contribution < -0.4 is 21.7 Å². The van der Waals surface area contributed by atoms with Crippen molar-refractivity contribution in [2.75, 3.05) is 5.32 Å². The number of aromatic nitrogens is 5. The summed E-state index contributed by atoms with van der Waals surface area (Å²) in [6, 6.07) is 6.23. The van der Waals surface area contributed by atoms with Gasteiger partial charge in [0.05, 0.1) is 29.6 Å². The zero-order chi connectivity index (χ0) is 22.4. The van der Waals surface area contributed by atoms with E-state index in [2.05, 4.69) is 25.4 Å². The lowest BCUT2D eigenvalue weighted by Gasteiger charge is -2.11. The van der Waals surface area contributed by atoms with E-state index >= 15 is 0 Å². The molecule has 5 rings (SSSR count). The second-order valence-electron chi connectivity index (χ2n) is 7.52. The molecular weight excluding hydrogens is 415 g/mol. The lowest BCUT2D eigenvalue weighted by atomic mass is 10.2. The van der Waals surface area contributed by atoms with Crippen LogP contribution in [0.2, 0.25) is 0 Å². The van der Waals surface area contributed by atoms with Crippen LogP contribution in [0, 0.1) is 24.1 Å². The Hall–Kier alpha value is -4.46. The molecule has 1 saturated carbocycles. The highest BCUT2D eigenvalue weighted by atomic mass is 19.1. The Labute approximate surface area is 179 Å².